The molecular formula is C51H70N8O8. The van der Waals surface area contributed by atoms with Crippen LogP contribution < -0.4 is 16.1 Å². The highest BCUT2D eigenvalue weighted by Gasteiger charge is 2.40. The summed E-state index contributed by atoms with van der Waals surface area (Å²) in [6, 6.07) is 12.6. The van der Waals surface area contributed by atoms with Gasteiger partial charge in [0.05, 0.1) is 30.0 Å². The van der Waals surface area contributed by atoms with E-state index in [1.807, 2.05) is 43.9 Å². The normalized spacial score (nSPS) is 21.7. The number of ether oxygens (including phenoxy) is 2. The van der Waals surface area contributed by atoms with Crippen LogP contribution in [0.25, 0.3) is 33.3 Å². The third kappa shape index (κ3) is 10.7. The lowest BCUT2D eigenvalue weighted by Crippen LogP contribution is -2.62. The van der Waals surface area contributed by atoms with E-state index in [9.17, 15) is 29.4 Å². The van der Waals surface area contributed by atoms with Gasteiger partial charge in [-0.2, -0.15) is 0 Å². The van der Waals surface area contributed by atoms with E-state index < -0.39 is 53.5 Å². The van der Waals surface area contributed by atoms with Crippen LogP contribution in [0.5, 0.6) is 5.75 Å². The lowest BCUT2D eigenvalue weighted by atomic mass is 9.84. The molecule has 3 aliphatic rings. The Bertz CT molecular complexity index is 2450. The molecule has 0 saturated carbocycles. The van der Waals surface area contributed by atoms with Gasteiger partial charge in [-0.05, 0) is 111 Å². The molecular weight excluding hydrogens is 853 g/mol. The Morgan fingerprint density at radius 2 is 1.85 bits per heavy atom. The van der Waals surface area contributed by atoms with Gasteiger partial charge in [-0.15, -0.1) is 0 Å². The number of aromatic hydroxyl groups is 1. The molecule has 6 atom stereocenters. The molecule has 3 aliphatic heterocycles. The molecule has 2 aromatic heterocycles. The lowest BCUT2D eigenvalue weighted by Gasteiger charge is -2.37. The number of cyclic esters (lactones) is 1. The highest BCUT2D eigenvalue weighted by molar-refractivity contribution is 5.96. The summed E-state index contributed by atoms with van der Waals surface area (Å²) in [7, 11) is 5.05. The van der Waals surface area contributed by atoms with Crippen molar-refractivity contribution < 1.29 is 38.9 Å². The predicted molar refractivity (Wildman–Crippen MR) is 256 cm³/mol. The van der Waals surface area contributed by atoms with E-state index in [-0.39, 0.29) is 43.3 Å². The second-order valence-corrected chi connectivity index (χ2v) is 19.7. The SMILES string of the molecule is CCn1c(-c2cccnc2[C@H](C)OC)c2c3cc(ccc31)-c1cc(O)cc(c1)C[C@H](NC(=O)[C@H](C(C)C)N(C)C(=O)[C@H]1CCN(C(O)CNC)C1)C(=O)N1CCC[C@H](N1)C(=O)OCC(C)(C)C2. The lowest BCUT2D eigenvalue weighted by molar-refractivity contribution is -0.155. The fraction of sp³-hybridized carbons (Fsp3) is 0.549. The summed E-state index contributed by atoms with van der Waals surface area (Å²) in [4.78, 5) is 65.4. The number of carbonyl (C=O) groups is 4. The zero-order valence-corrected chi connectivity index (χ0v) is 40.6. The molecule has 0 spiro atoms. The number of likely N-dealkylation sites (tertiary alicyclic amines) is 1. The summed E-state index contributed by atoms with van der Waals surface area (Å²) in [5.74, 6) is -2.39. The molecule has 3 amide bonds. The Morgan fingerprint density at radius 1 is 1.07 bits per heavy atom. The smallest absolute Gasteiger partial charge is 0.324 e. The van der Waals surface area contributed by atoms with Crippen molar-refractivity contribution in [2.75, 3.05) is 54.0 Å². The van der Waals surface area contributed by atoms with Crippen molar-refractivity contribution in [3.63, 3.8) is 0 Å². The monoisotopic (exact) mass is 923 g/mol. The average Bonchev–Trinajstić information content (AvgIpc) is 3.92. The second-order valence-electron chi connectivity index (χ2n) is 19.7. The zero-order valence-electron chi connectivity index (χ0n) is 40.6. The van der Waals surface area contributed by atoms with Gasteiger partial charge in [0.2, 0.25) is 11.8 Å². The van der Waals surface area contributed by atoms with Crippen molar-refractivity contribution in [3.8, 4) is 28.1 Å². The van der Waals surface area contributed by atoms with Gasteiger partial charge >= 0.3 is 5.97 Å². The minimum Gasteiger partial charge on any atom is -0.508 e. The topological polar surface area (TPSA) is 191 Å². The molecule has 5 N–H and O–H groups in total. The standard InChI is InChI=1S/C51H70N8O8/c1-10-58-42-16-15-33-25-38(42)39(46(58)37-13-11-18-53-44(37)31(4)66-9)26-51(5,6)29-67-50(65)40-14-12-19-59(55-40)49(64)41(23-32-21-35(33)24-36(60)22-32)54-47(62)45(30(2)3)56(8)48(63)34-17-20-57(28-34)43(61)27-52-7/h11,13,15-16,18,21-22,24-25,30-31,34,40-41,43,45,52,55,60-61H,10,12,14,17,19-20,23,26-29H2,1-9H3,(H,54,62)/t31-,34-,40-,41-,43?,45-/m0/s1. The third-order valence-corrected chi connectivity index (χ3v) is 13.7. The summed E-state index contributed by atoms with van der Waals surface area (Å²) in [6.07, 6.45) is 2.81. The van der Waals surface area contributed by atoms with Gasteiger partial charge < -0.3 is 39.8 Å². The second kappa shape index (κ2) is 20.9. The summed E-state index contributed by atoms with van der Waals surface area (Å²) >= 11 is 0. The quantitative estimate of drug-likeness (QED) is 0.122. The number of methoxy groups -OCH3 is 1. The molecule has 67 heavy (non-hydrogen) atoms. The van der Waals surface area contributed by atoms with E-state index in [1.165, 1.54) is 9.91 Å². The van der Waals surface area contributed by atoms with E-state index in [1.54, 1.807) is 39.5 Å². The summed E-state index contributed by atoms with van der Waals surface area (Å²) < 4.78 is 14.2. The first-order valence-electron chi connectivity index (χ1n) is 23.8. The number of carbonyl (C=O) groups excluding carboxylic acids is 4. The van der Waals surface area contributed by atoms with Crippen LogP contribution in [0, 0.1) is 17.3 Å². The average molecular weight is 923 g/mol. The van der Waals surface area contributed by atoms with Crippen LogP contribution in [-0.4, -0.2) is 137 Å². The first kappa shape index (κ1) is 49.5. The van der Waals surface area contributed by atoms with Gasteiger partial charge in [-0.3, -0.25) is 34.1 Å². The van der Waals surface area contributed by atoms with Crippen molar-refractivity contribution in [1.82, 2.24) is 40.4 Å². The number of phenols is 1. The number of rotatable bonds is 12. The Balaban J connectivity index is 1.29. The summed E-state index contributed by atoms with van der Waals surface area (Å²) in [6.45, 7) is 14.3. The number of likely N-dealkylation sites (N-methyl/N-ethyl adjacent to an activating group) is 2. The highest BCUT2D eigenvalue weighted by atomic mass is 16.5. The Hall–Kier alpha value is -5.39. The van der Waals surface area contributed by atoms with Crippen molar-refractivity contribution in [1.29, 1.82) is 0 Å². The molecule has 0 radical (unpaired) electrons. The van der Waals surface area contributed by atoms with Crippen molar-refractivity contribution in [2.24, 2.45) is 17.3 Å². The fourth-order valence-corrected chi connectivity index (χ4v) is 10.2. The number of hydrogen-bond donors (Lipinski definition) is 5. The predicted octanol–water partition coefficient (Wildman–Crippen LogP) is 4.79. The van der Waals surface area contributed by atoms with E-state index in [4.69, 9.17) is 14.5 Å². The van der Waals surface area contributed by atoms with Gasteiger partial charge in [0.25, 0.3) is 5.91 Å². The molecule has 5 heterocycles. The molecule has 2 fully saturated rings. The van der Waals surface area contributed by atoms with Gasteiger partial charge in [0.15, 0.2) is 0 Å². The fourth-order valence-electron chi connectivity index (χ4n) is 10.2. The van der Waals surface area contributed by atoms with Crippen molar-refractivity contribution >= 4 is 34.6 Å². The highest BCUT2D eigenvalue weighted by Crippen LogP contribution is 2.42. The maximum absolute atomic E-state index is 14.7. The molecule has 2 saturated heterocycles. The number of benzene rings is 2. The molecule has 1 unspecified atom stereocenters. The Morgan fingerprint density at radius 3 is 2.57 bits per heavy atom. The summed E-state index contributed by atoms with van der Waals surface area (Å²) in [5, 5.41) is 30.3. The number of pyridine rings is 1. The number of aryl methyl sites for hydroxylation is 1. The van der Waals surface area contributed by atoms with Crippen LogP contribution in [0.4, 0.5) is 0 Å². The third-order valence-electron chi connectivity index (χ3n) is 13.7. The van der Waals surface area contributed by atoms with E-state index in [0.29, 0.717) is 57.4 Å². The minimum absolute atomic E-state index is 0.00217. The number of nitrogens with zero attached hydrogens (tertiary/aromatic N) is 5. The number of hydrazine groups is 1. The molecule has 6 bridgehead atoms. The maximum Gasteiger partial charge on any atom is 0.324 e. The van der Waals surface area contributed by atoms with Crippen LogP contribution >= 0.6 is 0 Å². The molecule has 2 aromatic carbocycles. The molecule has 0 aliphatic carbocycles. The van der Waals surface area contributed by atoms with Crippen LogP contribution in [0.3, 0.4) is 0 Å². The Labute approximate surface area is 394 Å². The number of aromatic nitrogens is 2. The number of nitrogens with one attached hydrogen (secondary N) is 3. The first-order chi connectivity index (χ1) is 31.9. The summed E-state index contributed by atoms with van der Waals surface area (Å²) in [5.41, 5.74) is 9.60. The molecule has 16 nitrogen and oxygen atoms in total. The molecule has 4 aromatic rings. The molecule has 16 heteroatoms. The van der Waals surface area contributed by atoms with Crippen LogP contribution in [0.1, 0.15) is 83.7 Å². The maximum atomic E-state index is 14.7. The largest absolute Gasteiger partial charge is 0.508 e. The zero-order chi connectivity index (χ0) is 48.3. The number of aliphatic hydroxyl groups excluding tert-OH is 1. The molecule has 7 rings (SSSR count). The minimum atomic E-state index is -1.15. The van der Waals surface area contributed by atoms with Crippen LogP contribution in [-0.2, 0) is 48.0 Å². The number of fused-ring (bicyclic) bond motifs is 6. The number of amides is 3. The van der Waals surface area contributed by atoms with Gasteiger partial charge in [0.1, 0.15) is 30.1 Å². The van der Waals surface area contributed by atoms with Gasteiger partial charge in [-0.25, -0.2) is 5.43 Å². The number of hydrogen-bond acceptors (Lipinski definition) is 12. The van der Waals surface area contributed by atoms with E-state index in [0.717, 1.165) is 44.5 Å². The van der Waals surface area contributed by atoms with E-state index in [2.05, 4.69) is 59.6 Å². The first-order valence-corrected chi connectivity index (χ1v) is 23.8. The van der Waals surface area contributed by atoms with Crippen molar-refractivity contribution in [2.45, 2.75) is 111 Å². The number of esters is 1. The van der Waals surface area contributed by atoms with Gasteiger partial charge in [-0.1, -0.05) is 39.8 Å². The number of aliphatic hydroxyl groups is 1. The van der Waals surface area contributed by atoms with Crippen molar-refractivity contribution in [3.05, 3.63) is 71.5 Å². The number of phenolic OH excluding ortho intramolecular Hbond substituents is 1. The Kier molecular flexibility index (Phi) is 15.4. The molecule has 362 valence electrons. The van der Waals surface area contributed by atoms with Crippen LogP contribution in [0.15, 0.2) is 54.7 Å². The van der Waals surface area contributed by atoms with E-state index >= 15 is 0 Å². The van der Waals surface area contributed by atoms with Gasteiger partial charge in [0, 0.05) is 81.4 Å². The van der Waals surface area contributed by atoms with Crippen LogP contribution in [0.2, 0.25) is 0 Å².